The molecule has 1 fully saturated rings. The minimum absolute atomic E-state index is 0.313. The van der Waals surface area contributed by atoms with Crippen molar-refractivity contribution in [1.82, 2.24) is 4.98 Å². The molecule has 0 saturated carbocycles. The summed E-state index contributed by atoms with van der Waals surface area (Å²) in [7, 11) is 0. The molecule has 1 aliphatic rings. The number of carboxylic acids is 1. The Balaban J connectivity index is 2.34. The van der Waals surface area contributed by atoms with Crippen LogP contribution in [0.1, 0.15) is 43.0 Å². The summed E-state index contributed by atoms with van der Waals surface area (Å²) in [6, 6.07) is 2.28. The summed E-state index contributed by atoms with van der Waals surface area (Å²) in [5.41, 5.74) is 1.13. The predicted molar refractivity (Wildman–Crippen MR) is 66.5 cm³/mol. The van der Waals surface area contributed by atoms with Crippen LogP contribution in [0.15, 0.2) is 18.5 Å². The van der Waals surface area contributed by atoms with Gasteiger partial charge in [-0.3, -0.25) is 4.98 Å². The number of rotatable bonds is 3. The monoisotopic (exact) mass is 234 g/mol. The van der Waals surface area contributed by atoms with Gasteiger partial charge in [-0.25, -0.2) is 4.79 Å². The maximum atomic E-state index is 11.2. The van der Waals surface area contributed by atoms with Crippen molar-refractivity contribution < 1.29 is 9.90 Å². The summed E-state index contributed by atoms with van der Waals surface area (Å²) in [4.78, 5) is 17.3. The quantitative estimate of drug-likeness (QED) is 0.873. The van der Waals surface area contributed by atoms with E-state index in [1.807, 2.05) is 6.07 Å². The average Bonchev–Trinajstić information content (AvgIpc) is 2.38. The molecule has 1 aromatic heterocycles. The third-order valence-electron chi connectivity index (χ3n) is 3.44. The molecular formula is C13H18N2O2. The van der Waals surface area contributed by atoms with Crippen molar-refractivity contribution in [2.75, 3.05) is 11.4 Å². The van der Waals surface area contributed by atoms with E-state index in [1.54, 1.807) is 6.20 Å². The Hall–Kier alpha value is -1.58. The van der Waals surface area contributed by atoms with Crippen LogP contribution in [-0.2, 0) is 0 Å². The molecule has 0 bridgehead atoms. The van der Waals surface area contributed by atoms with Gasteiger partial charge in [0.2, 0.25) is 0 Å². The van der Waals surface area contributed by atoms with Gasteiger partial charge in [-0.1, -0.05) is 6.92 Å². The summed E-state index contributed by atoms with van der Waals surface area (Å²) < 4.78 is 0. The van der Waals surface area contributed by atoms with Crippen LogP contribution in [0.3, 0.4) is 0 Å². The van der Waals surface area contributed by atoms with Gasteiger partial charge < -0.3 is 10.0 Å². The van der Waals surface area contributed by atoms with Crippen molar-refractivity contribution >= 4 is 11.7 Å². The van der Waals surface area contributed by atoms with E-state index in [-0.39, 0.29) is 0 Å². The highest BCUT2D eigenvalue weighted by atomic mass is 16.4. The van der Waals surface area contributed by atoms with Crippen molar-refractivity contribution in [2.24, 2.45) is 0 Å². The number of nitrogens with zero attached hydrogens (tertiary/aromatic N) is 2. The number of carboxylic acid groups (broad SMARTS) is 1. The molecule has 1 N–H and O–H groups in total. The van der Waals surface area contributed by atoms with E-state index in [2.05, 4.69) is 16.8 Å². The Bertz CT molecular complexity index is 406. The van der Waals surface area contributed by atoms with Gasteiger partial charge in [0.25, 0.3) is 0 Å². The number of anilines is 1. The minimum atomic E-state index is -0.895. The first-order valence-corrected chi connectivity index (χ1v) is 6.18. The predicted octanol–water partition coefficient (Wildman–Crippen LogP) is 2.55. The molecule has 1 unspecified atom stereocenters. The Labute approximate surface area is 101 Å². The van der Waals surface area contributed by atoms with E-state index in [0.29, 0.717) is 11.6 Å². The van der Waals surface area contributed by atoms with E-state index < -0.39 is 5.97 Å². The molecule has 1 saturated heterocycles. The third kappa shape index (κ3) is 2.40. The minimum Gasteiger partial charge on any atom is -0.478 e. The van der Waals surface area contributed by atoms with Crippen LogP contribution in [0.25, 0.3) is 0 Å². The molecular weight excluding hydrogens is 216 g/mol. The first-order chi connectivity index (χ1) is 8.24. The number of pyridine rings is 1. The van der Waals surface area contributed by atoms with Crippen molar-refractivity contribution in [3.8, 4) is 0 Å². The summed E-state index contributed by atoms with van der Waals surface area (Å²) >= 11 is 0. The molecule has 0 radical (unpaired) electrons. The number of piperidine rings is 1. The van der Waals surface area contributed by atoms with Gasteiger partial charge in [-0.2, -0.15) is 0 Å². The second kappa shape index (κ2) is 5.17. The zero-order chi connectivity index (χ0) is 12.3. The van der Waals surface area contributed by atoms with Crippen LogP contribution in [0.4, 0.5) is 5.69 Å². The molecule has 0 spiro atoms. The van der Waals surface area contributed by atoms with E-state index in [0.717, 1.165) is 31.5 Å². The summed E-state index contributed by atoms with van der Waals surface area (Å²) in [5.74, 6) is -0.895. The number of aromatic carboxylic acids is 1. The lowest BCUT2D eigenvalue weighted by molar-refractivity contribution is 0.0697. The van der Waals surface area contributed by atoms with Crippen LogP contribution in [0.2, 0.25) is 0 Å². The smallest absolute Gasteiger partial charge is 0.339 e. The summed E-state index contributed by atoms with van der Waals surface area (Å²) in [6.07, 6.45) is 7.70. The first kappa shape index (κ1) is 11.9. The van der Waals surface area contributed by atoms with Crippen molar-refractivity contribution in [3.63, 3.8) is 0 Å². The standard InChI is InChI=1S/C13H18N2O2/c1-2-10-5-3-4-8-15(10)12-6-7-14-9-11(12)13(16)17/h6-7,9-10H,2-5,8H2,1H3,(H,16,17). The topological polar surface area (TPSA) is 53.4 Å². The Morgan fingerprint density at radius 3 is 3.12 bits per heavy atom. The molecule has 4 heteroatoms. The summed E-state index contributed by atoms with van der Waals surface area (Å²) in [6.45, 7) is 3.10. The van der Waals surface area contributed by atoms with E-state index in [9.17, 15) is 9.90 Å². The number of carbonyl (C=O) groups is 1. The van der Waals surface area contributed by atoms with Gasteiger partial charge in [-0.15, -0.1) is 0 Å². The van der Waals surface area contributed by atoms with Crippen LogP contribution in [0.5, 0.6) is 0 Å². The highest BCUT2D eigenvalue weighted by molar-refractivity contribution is 5.94. The maximum absolute atomic E-state index is 11.2. The van der Waals surface area contributed by atoms with Crippen LogP contribution in [-0.4, -0.2) is 28.6 Å². The Morgan fingerprint density at radius 1 is 1.59 bits per heavy atom. The van der Waals surface area contributed by atoms with E-state index in [4.69, 9.17) is 0 Å². The largest absolute Gasteiger partial charge is 0.478 e. The Kier molecular flexibility index (Phi) is 3.61. The van der Waals surface area contributed by atoms with Crippen LogP contribution >= 0.6 is 0 Å². The molecule has 0 aromatic carbocycles. The fourth-order valence-electron chi connectivity index (χ4n) is 2.54. The molecule has 4 nitrogen and oxygen atoms in total. The van der Waals surface area contributed by atoms with Crippen molar-refractivity contribution in [1.29, 1.82) is 0 Å². The van der Waals surface area contributed by atoms with Crippen molar-refractivity contribution in [3.05, 3.63) is 24.0 Å². The molecule has 0 aliphatic carbocycles. The van der Waals surface area contributed by atoms with Crippen molar-refractivity contribution in [2.45, 2.75) is 38.6 Å². The molecule has 1 aromatic rings. The molecule has 92 valence electrons. The molecule has 2 rings (SSSR count). The van der Waals surface area contributed by atoms with Gasteiger partial charge in [0.1, 0.15) is 5.56 Å². The maximum Gasteiger partial charge on any atom is 0.339 e. The first-order valence-electron chi connectivity index (χ1n) is 6.18. The fourth-order valence-corrected chi connectivity index (χ4v) is 2.54. The second-order valence-electron chi connectivity index (χ2n) is 4.45. The number of hydrogen-bond acceptors (Lipinski definition) is 3. The highest BCUT2D eigenvalue weighted by Crippen LogP contribution is 2.28. The molecule has 0 amide bonds. The van der Waals surface area contributed by atoms with Gasteiger partial charge in [0.15, 0.2) is 0 Å². The normalized spacial score (nSPS) is 20.3. The van der Waals surface area contributed by atoms with Gasteiger partial charge >= 0.3 is 5.97 Å². The third-order valence-corrected chi connectivity index (χ3v) is 3.44. The average molecular weight is 234 g/mol. The number of aromatic nitrogens is 1. The lowest BCUT2D eigenvalue weighted by atomic mass is 9.98. The SMILES string of the molecule is CCC1CCCCN1c1ccncc1C(=O)O. The van der Waals surface area contributed by atoms with Gasteiger partial charge in [0.05, 0.1) is 5.69 Å². The lowest BCUT2D eigenvalue weighted by Crippen LogP contribution is -2.40. The van der Waals surface area contributed by atoms with Gasteiger partial charge in [0, 0.05) is 25.0 Å². The molecule has 1 atom stereocenters. The summed E-state index contributed by atoms with van der Waals surface area (Å²) in [5, 5.41) is 9.19. The Morgan fingerprint density at radius 2 is 2.41 bits per heavy atom. The van der Waals surface area contributed by atoms with Crippen LogP contribution in [0, 0.1) is 0 Å². The van der Waals surface area contributed by atoms with Gasteiger partial charge in [-0.05, 0) is 31.7 Å². The molecule has 2 heterocycles. The molecule has 1 aliphatic heterocycles. The fraction of sp³-hybridized carbons (Fsp3) is 0.538. The highest BCUT2D eigenvalue weighted by Gasteiger charge is 2.24. The second-order valence-corrected chi connectivity index (χ2v) is 4.45. The zero-order valence-electron chi connectivity index (χ0n) is 10.1. The number of hydrogen-bond donors (Lipinski definition) is 1. The molecule has 17 heavy (non-hydrogen) atoms. The lowest BCUT2D eigenvalue weighted by Gasteiger charge is -2.37. The van der Waals surface area contributed by atoms with Crippen LogP contribution < -0.4 is 4.90 Å². The van der Waals surface area contributed by atoms with E-state index >= 15 is 0 Å². The van der Waals surface area contributed by atoms with E-state index in [1.165, 1.54) is 12.6 Å². The zero-order valence-corrected chi connectivity index (χ0v) is 10.1.